The summed E-state index contributed by atoms with van der Waals surface area (Å²) in [7, 11) is -11.0. The minimum Gasteiger partial charge on any atom is -0.479 e. The van der Waals surface area contributed by atoms with Gasteiger partial charge < -0.3 is 55.2 Å². The van der Waals surface area contributed by atoms with Gasteiger partial charge in [0.05, 0.1) is 12.7 Å². The smallest absolute Gasteiger partial charge is 0.479 e. The molecule has 2 rings (SSSR count). The third-order valence-corrected chi connectivity index (χ3v) is 7.40. The van der Waals surface area contributed by atoms with Gasteiger partial charge in [-0.3, -0.25) is 9.32 Å². The molecule has 2 aliphatic rings. The number of imide groups is 2. The van der Waals surface area contributed by atoms with Crippen LogP contribution in [0.3, 0.4) is 0 Å². The van der Waals surface area contributed by atoms with Crippen molar-refractivity contribution in [1.82, 2.24) is 5.32 Å². The number of phosphoric ester groups is 1. The van der Waals surface area contributed by atoms with Gasteiger partial charge in [-0.25, -0.2) is 28.8 Å². The summed E-state index contributed by atoms with van der Waals surface area (Å²) in [5.74, 6) is -5.10. The number of nitrogens with zero attached hydrogens (tertiary/aromatic N) is 1. The Morgan fingerprint density at radius 3 is 2.08 bits per heavy atom. The molecule has 38 heavy (non-hydrogen) atoms. The summed E-state index contributed by atoms with van der Waals surface area (Å²) in [5.41, 5.74) is 0. The number of aliphatic carboxylic acids is 1. The van der Waals surface area contributed by atoms with Gasteiger partial charge in [0, 0.05) is 0 Å². The van der Waals surface area contributed by atoms with Crippen molar-refractivity contribution >= 4 is 39.5 Å². The largest absolute Gasteiger partial charge is 0.481 e. The number of carbonyl (C=O) groups excluding carboxylic acids is 3. The Balaban J connectivity index is 2.40. The Labute approximate surface area is 210 Å². The second-order valence-corrected chi connectivity index (χ2v) is 10.6. The van der Waals surface area contributed by atoms with Gasteiger partial charge in [-0.1, -0.05) is 0 Å². The highest BCUT2D eigenvalue weighted by atomic mass is 31.3. The van der Waals surface area contributed by atoms with Crippen molar-refractivity contribution in [2.45, 2.75) is 49.0 Å². The summed E-state index contributed by atoms with van der Waals surface area (Å²) < 4.78 is 33.3. The van der Waals surface area contributed by atoms with E-state index in [4.69, 9.17) is 19.6 Å². The van der Waals surface area contributed by atoms with Crippen molar-refractivity contribution in [3.05, 3.63) is 12.3 Å². The molecule has 0 spiro atoms. The van der Waals surface area contributed by atoms with E-state index in [1.807, 2.05) is 0 Å². The van der Waals surface area contributed by atoms with Gasteiger partial charge in [-0.05, 0) is 0 Å². The number of carboxylic acids is 1. The van der Waals surface area contributed by atoms with Crippen molar-refractivity contribution < 1.29 is 96.8 Å². The van der Waals surface area contributed by atoms with Gasteiger partial charge in [-0.2, -0.15) is 4.31 Å². The Morgan fingerprint density at radius 1 is 1.03 bits per heavy atom. The van der Waals surface area contributed by atoms with Gasteiger partial charge in [0.2, 0.25) is 6.23 Å². The van der Waals surface area contributed by atoms with Crippen LogP contribution in [0.25, 0.3) is 0 Å². The van der Waals surface area contributed by atoms with Crippen molar-refractivity contribution in [2.75, 3.05) is 6.61 Å². The van der Waals surface area contributed by atoms with E-state index in [2.05, 4.69) is 8.83 Å². The number of nitrogens with one attached hydrogen (secondary N) is 1. The second kappa shape index (κ2) is 11.6. The van der Waals surface area contributed by atoms with Crippen LogP contribution < -0.4 is 5.32 Å². The minimum atomic E-state index is -5.55. The minimum absolute atomic E-state index is 0.428. The molecule has 216 valence electrons. The van der Waals surface area contributed by atoms with Crippen LogP contribution >= 0.6 is 15.6 Å². The summed E-state index contributed by atoms with van der Waals surface area (Å²) in [5, 5.41) is 70.7. The van der Waals surface area contributed by atoms with E-state index in [1.54, 1.807) is 5.32 Å². The highest BCUT2D eigenvalue weighted by molar-refractivity contribution is 7.60. The molecule has 0 aromatic rings. The number of aliphatic hydroxyl groups is 6. The molecule has 21 nitrogen and oxygen atoms in total. The molecule has 1 saturated heterocycles. The maximum absolute atomic E-state index is 13.2. The molecule has 2 heterocycles. The first-order valence-corrected chi connectivity index (χ1v) is 13.0. The van der Waals surface area contributed by atoms with Crippen LogP contribution in [0.5, 0.6) is 0 Å². The first-order valence-electron chi connectivity index (χ1n) is 9.93. The number of rotatable bonds is 11. The average molecular weight is 597 g/mol. The lowest BCUT2D eigenvalue weighted by Gasteiger charge is -2.38. The van der Waals surface area contributed by atoms with Gasteiger partial charge in [0.25, 0.3) is 5.91 Å². The molecule has 0 bridgehead atoms. The van der Waals surface area contributed by atoms with Crippen LogP contribution in [0.1, 0.15) is 0 Å². The summed E-state index contributed by atoms with van der Waals surface area (Å²) >= 11 is 0. The number of ether oxygens (including phenoxy) is 1. The summed E-state index contributed by atoms with van der Waals surface area (Å²) in [4.78, 5) is 75.1. The van der Waals surface area contributed by atoms with Crippen molar-refractivity contribution in [2.24, 2.45) is 0 Å². The molecule has 0 aliphatic carbocycles. The molecular weight excluding hydrogens is 574 g/mol. The number of phosphoric acid groups is 2. The Kier molecular flexibility index (Phi) is 9.82. The van der Waals surface area contributed by atoms with E-state index in [0.717, 1.165) is 0 Å². The van der Waals surface area contributed by atoms with E-state index >= 15 is 0 Å². The normalized spacial score (nSPS) is 32.7. The van der Waals surface area contributed by atoms with E-state index in [1.165, 1.54) is 0 Å². The Hall–Kier alpha value is -2.04. The zero-order valence-electron chi connectivity index (χ0n) is 18.5. The topological polar surface area (TPSA) is 344 Å². The predicted molar refractivity (Wildman–Crippen MR) is 109 cm³/mol. The standard InChI is InChI=1S/C15H22N2O19P2/c18-5-1-2-17(15(28)16-5,12(25)9(22)7(20)8(21)11(24)14(26)27)13-10(23)6(19)4(35-13)3-34-38(32,33)36-37(29,30)31/h1-2,4,6-11,13,19-24H,3H2,(H4-,16,18,26,27,28,29,30,31,32,33)/p+1/t4-,6-,7+,8+,9-,10-,11+,13-,17?/m1/s1. The fourth-order valence-corrected chi connectivity index (χ4v) is 5.00. The summed E-state index contributed by atoms with van der Waals surface area (Å²) in [6.07, 6.45) is -19.0. The molecule has 2 unspecified atom stereocenters. The molecular formula is C15H23N2O19P2+. The second-order valence-electron chi connectivity index (χ2n) is 7.82. The Bertz CT molecular complexity index is 1090. The summed E-state index contributed by atoms with van der Waals surface area (Å²) in [6.45, 7) is -1.27. The van der Waals surface area contributed by atoms with Crippen molar-refractivity contribution in [3.8, 4) is 0 Å². The van der Waals surface area contributed by atoms with Crippen molar-refractivity contribution in [1.29, 1.82) is 0 Å². The number of hydrogen-bond donors (Lipinski definition) is 11. The molecule has 1 fully saturated rings. The van der Waals surface area contributed by atoms with Crippen LogP contribution in [0.4, 0.5) is 4.79 Å². The molecule has 4 amide bonds. The number of aliphatic hydroxyl groups excluding tert-OH is 6. The predicted octanol–water partition coefficient (Wildman–Crippen LogP) is -5.71. The first-order chi connectivity index (χ1) is 17.2. The highest BCUT2D eigenvalue weighted by Crippen LogP contribution is 2.57. The molecule has 10 atom stereocenters. The van der Waals surface area contributed by atoms with Crippen LogP contribution in [0.15, 0.2) is 12.3 Å². The lowest BCUT2D eigenvalue weighted by atomic mass is 10.00. The van der Waals surface area contributed by atoms with Crippen LogP contribution in [-0.2, 0) is 37.1 Å². The number of urea groups is 1. The molecule has 0 radical (unpaired) electrons. The van der Waals surface area contributed by atoms with E-state index in [0.29, 0.717) is 12.3 Å². The monoisotopic (exact) mass is 597 g/mol. The van der Waals surface area contributed by atoms with E-state index < -0.39 is 99.5 Å². The molecule has 0 saturated carbocycles. The number of hydrogen-bond acceptors (Lipinski definition) is 15. The van der Waals surface area contributed by atoms with E-state index in [-0.39, 0.29) is 0 Å². The number of amides is 4. The fraction of sp³-hybridized carbons (Fsp3) is 0.600. The first kappa shape index (κ1) is 32.2. The maximum atomic E-state index is 13.2. The molecule has 0 aromatic heterocycles. The molecule has 0 aromatic carbocycles. The number of quaternary nitrogens is 1. The maximum Gasteiger partial charge on any atom is 0.481 e. The molecule has 11 N–H and O–H groups in total. The lowest BCUT2D eigenvalue weighted by Crippen LogP contribution is -2.71. The summed E-state index contributed by atoms with van der Waals surface area (Å²) in [6, 6.07) is -1.67. The van der Waals surface area contributed by atoms with Crippen molar-refractivity contribution in [3.63, 3.8) is 0 Å². The highest BCUT2D eigenvalue weighted by Gasteiger charge is 2.64. The average Bonchev–Trinajstić information content (AvgIpc) is 3.08. The Morgan fingerprint density at radius 2 is 1.58 bits per heavy atom. The quantitative estimate of drug-likeness (QED) is 0.0780. The van der Waals surface area contributed by atoms with Gasteiger partial charge in [-0.15, -0.1) is 4.48 Å². The van der Waals surface area contributed by atoms with Gasteiger partial charge >= 0.3 is 33.6 Å². The lowest BCUT2D eigenvalue weighted by molar-refractivity contribution is -0.786. The van der Waals surface area contributed by atoms with Crippen LogP contribution in [0.2, 0.25) is 0 Å². The third kappa shape index (κ3) is 6.74. The number of carbonyl (C=O) groups is 4. The SMILES string of the molecule is O=C1C=C[N+](C(=O)[C@H](O)[C@@H](O)[C@H](O)[C@H](O)C(=O)O)([C@@H]2O[C@H](COP(=O)(O)OP(=O)(O)O)[C@@H](O)[C@H]2O)C(=O)N1. The van der Waals surface area contributed by atoms with Crippen LogP contribution in [0, 0.1) is 0 Å². The third-order valence-electron chi connectivity index (χ3n) is 5.24. The zero-order valence-corrected chi connectivity index (χ0v) is 20.3. The molecule has 2 aliphatic heterocycles. The zero-order chi connectivity index (χ0) is 29.4. The molecule has 23 heteroatoms. The van der Waals surface area contributed by atoms with Gasteiger partial charge in [0.1, 0.15) is 30.6 Å². The number of carboxylic acid groups (broad SMARTS) is 1. The van der Waals surface area contributed by atoms with E-state index in [9.17, 15) is 63.8 Å². The van der Waals surface area contributed by atoms with Crippen LogP contribution in [-0.4, -0.2) is 134 Å². The fourth-order valence-electron chi connectivity index (χ4n) is 3.41. The van der Waals surface area contributed by atoms with Gasteiger partial charge in [0.15, 0.2) is 18.3 Å².